The van der Waals surface area contributed by atoms with Crippen LogP contribution in [0.4, 0.5) is 0 Å². The van der Waals surface area contributed by atoms with E-state index >= 15 is 0 Å². The molecule has 33 valence electrons. The molecule has 0 amide bonds. The van der Waals surface area contributed by atoms with Crippen LogP contribution in [0.5, 0.6) is 0 Å². The van der Waals surface area contributed by atoms with E-state index in [1.165, 1.54) is 16.9 Å². The van der Waals surface area contributed by atoms with E-state index in [1.807, 2.05) is 13.1 Å². The molecule has 1 radical (unpaired) electrons. The Hall–Kier alpha value is -0.150. The van der Waals surface area contributed by atoms with Crippen LogP contribution in [0.3, 0.4) is 0 Å². The van der Waals surface area contributed by atoms with Crippen LogP contribution in [0.2, 0.25) is 0 Å². The number of allylic oxidation sites excluding steroid dienone is 1. The first kappa shape index (κ1) is 4.02. The molecule has 1 N–H and O–H groups in total. The largest absolute Gasteiger partial charge is 0.299 e. The van der Waals surface area contributed by atoms with Crippen LogP contribution in [0.15, 0.2) is 11.1 Å². The molecule has 0 spiro atoms. The van der Waals surface area contributed by atoms with Gasteiger partial charge in [0.15, 0.2) is 0 Å². The van der Waals surface area contributed by atoms with E-state index in [1.54, 1.807) is 0 Å². The lowest BCUT2D eigenvalue weighted by Gasteiger charge is -1.78. The van der Waals surface area contributed by atoms with Crippen molar-refractivity contribution in [2.75, 3.05) is 0 Å². The highest BCUT2D eigenvalue weighted by atomic mass is 32.2. The van der Waals surface area contributed by atoms with Gasteiger partial charge in [-0.05, 0) is 18.9 Å². The number of hydrogen-bond acceptors (Lipinski definition) is 2. The van der Waals surface area contributed by atoms with Crippen molar-refractivity contribution < 1.29 is 0 Å². The normalized spacial score (nSPS) is 19.8. The zero-order valence-corrected chi connectivity index (χ0v) is 4.25. The molecule has 1 heterocycles. The van der Waals surface area contributed by atoms with Crippen LogP contribution in [0, 0.1) is 0 Å². The first-order chi connectivity index (χ1) is 2.89. The summed E-state index contributed by atoms with van der Waals surface area (Å²) in [6, 6.07) is 0. The smallest absolute Gasteiger partial charge is 0.0258 e. The van der Waals surface area contributed by atoms with Crippen LogP contribution in [0.25, 0.3) is 0 Å². The maximum Gasteiger partial charge on any atom is 0.0258 e. The van der Waals surface area contributed by atoms with E-state index in [4.69, 9.17) is 0 Å². The summed E-state index contributed by atoms with van der Waals surface area (Å²) in [6.45, 7) is 2.01. The fourth-order valence-electron chi connectivity index (χ4n) is 0.242. The van der Waals surface area contributed by atoms with Gasteiger partial charge in [-0.25, -0.2) is 0 Å². The van der Waals surface area contributed by atoms with Gasteiger partial charge >= 0.3 is 0 Å². The van der Waals surface area contributed by atoms with Crippen molar-refractivity contribution in [1.82, 2.24) is 10.3 Å². The number of nitrogens with one attached hydrogen (secondary N) is 1. The molecule has 0 aromatic heterocycles. The summed E-state index contributed by atoms with van der Waals surface area (Å²) in [4.78, 5) is 4.96. The van der Waals surface area contributed by atoms with Gasteiger partial charge < -0.3 is 0 Å². The monoisotopic (exact) mass is 101 g/mol. The number of rotatable bonds is 0. The molecule has 1 aliphatic heterocycles. The highest BCUT2D eigenvalue weighted by Gasteiger charge is 1.95. The molecule has 2 nitrogen and oxygen atoms in total. The van der Waals surface area contributed by atoms with Crippen LogP contribution >= 0.6 is 11.9 Å². The predicted molar refractivity (Wildman–Crippen MR) is 26.6 cm³/mol. The van der Waals surface area contributed by atoms with Crippen LogP contribution in [0.1, 0.15) is 6.92 Å². The molecule has 0 fully saturated rings. The molecule has 0 bridgehead atoms. The van der Waals surface area contributed by atoms with Gasteiger partial charge in [0.05, 0.1) is 0 Å². The Morgan fingerprint density at radius 1 is 2.00 bits per heavy atom. The summed E-state index contributed by atoms with van der Waals surface area (Å²) < 4.78 is 0. The molecule has 0 unspecified atom stereocenters. The third kappa shape index (κ3) is 0.666. The Labute approximate surface area is 41.1 Å². The average molecular weight is 101 g/mol. The highest BCUT2D eigenvalue weighted by Crippen LogP contribution is 2.12. The topological polar surface area (TPSA) is 26.1 Å². The van der Waals surface area contributed by atoms with Crippen molar-refractivity contribution in [2.45, 2.75) is 6.92 Å². The van der Waals surface area contributed by atoms with Crippen molar-refractivity contribution in [3.63, 3.8) is 0 Å². The molecule has 3 heteroatoms. The maximum absolute atomic E-state index is 3.74. The summed E-state index contributed by atoms with van der Waals surface area (Å²) in [6.07, 6.45) is 1.87. The van der Waals surface area contributed by atoms with E-state index in [0.29, 0.717) is 0 Å². The fourth-order valence-corrected chi connectivity index (χ4v) is 0.597. The van der Waals surface area contributed by atoms with Gasteiger partial charge in [-0.2, -0.15) is 0 Å². The molecule has 0 aliphatic carbocycles. The van der Waals surface area contributed by atoms with Gasteiger partial charge in [0, 0.05) is 11.1 Å². The van der Waals surface area contributed by atoms with Crippen molar-refractivity contribution in [1.29, 1.82) is 0 Å². The summed E-state index contributed by atoms with van der Waals surface area (Å²) in [7, 11) is 0. The Bertz CT molecular complexity index is 78.9. The lowest BCUT2D eigenvalue weighted by atomic mass is 10.7. The summed E-state index contributed by atoms with van der Waals surface area (Å²) in [5.74, 6) is 0. The molecule has 0 aromatic rings. The van der Waals surface area contributed by atoms with Gasteiger partial charge in [-0.1, -0.05) is 4.83 Å². The first-order valence-corrected chi connectivity index (χ1v) is 2.46. The summed E-state index contributed by atoms with van der Waals surface area (Å²) in [5.41, 5.74) is 2.70. The maximum atomic E-state index is 3.74. The highest BCUT2D eigenvalue weighted by molar-refractivity contribution is 8.01. The SMILES string of the molecule is CC1=CN[N]S1. The van der Waals surface area contributed by atoms with Crippen LogP contribution in [-0.2, 0) is 0 Å². The average Bonchev–Trinajstić information content (AvgIpc) is 1.86. The molecule has 0 saturated heterocycles. The van der Waals surface area contributed by atoms with Crippen LogP contribution < -0.4 is 10.3 Å². The van der Waals surface area contributed by atoms with E-state index < -0.39 is 0 Å². The number of nitrogens with zero attached hydrogens (tertiary/aromatic N) is 1. The molecule has 0 atom stereocenters. The molecular formula is C3H5N2S. The molecule has 0 saturated carbocycles. The lowest BCUT2D eigenvalue weighted by molar-refractivity contribution is 0.879. The Kier molecular flexibility index (Phi) is 1.03. The zero-order chi connectivity index (χ0) is 4.41. The molecular weight excluding hydrogens is 96.1 g/mol. The van der Waals surface area contributed by atoms with Gasteiger partial charge in [0.25, 0.3) is 0 Å². The second kappa shape index (κ2) is 1.53. The molecule has 1 rings (SSSR count). The Balaban J connectivity index is 2.45. The van der Waals surface area contributed by atoms with E-state index in [-0.39, 0.29) is 0 Å². The minimum Gasteiger partial charge on any atom is -0.299 e. The minimum absolute atomic E-state index is 1.22. The van der Waals surface area contributed by atoms with E-state index in [2.05, 4.69) is 10.3 Å². The third-order valence-electron chi connectivity index (χ3n) is 0.510. The molecule has 1 aliphatic rings. The fraction of sp³-hybridized carbons (Fsp3) is 0.333. The van der Waals surface area contributed by atoms with E-state index in [9.17, 15) is 0 Å². The van der Waals surface area contributed by atoms with Crippen molar-refractivity contribution in [3.8, 4) is 0 Å². The first-order valence-electron chi connectivity index (χ1n) is 1.69. The predicted octanol–water partition coefficient (Wildman–Crippen LogP) is 0.619. The third-order valence-corrected chi connectivity index (χ3v) is 1.11. The Morgan fingerprint density at radius 3 is 3.00 bits per heavy atom. The minimum atomic E-state index is 1.22. The quantitative estimate of drug-likeness (QED) is 0.453. The van der Waals surface area contributed by atoms with Gasteiger partial charge in [-0.15, -0.1) is 0 Å². The van der Waals surface area contributed by atoms with E-state index in [0.717, 1.165) is 0 Å². The molecule has 0 aromatic carbocycles. The number of hydrogen-bond donors (Lipinski definition) is 1. The second-order valence-electron chi connectivity index (χ2n) is 1.07. The summed E-state index contributed by atoms with van der Waals surface area (Å²) in [5, 5.41) is 0. The second-order valence-corrected chi connectivity index (χ2v) is 2.08. The van der Waals surface area contributed by atoms with Crippen molar-refractivity contribution in [2.24, 2.45) is 0 Å². The van der Waals surface area contributed by atoms with Crippen LogP contribution in [-0.4, -0.2) is 0 Å². The van der Waals surface area contributed by atoms with Gasteiger partial charge in [0.1, 0.15) is 0 Å². The Morgan fingerprint density at radius 2 is 2.83 bits per heavy atom. The summed E-state index contributed by atoms with van der Waals surface area (Å²) >= 11 is 1.47. The van der Waals surface area contributed by atoms with Crippen molar-refractivity contribution >= 4 is 11.9 Å². The zero-order valence-electron chi connectivity index (χ0n) is 3.43. The van der Waals surface area contributed by atoms with Gasteiger partial charge in [0.2, 0.25) is 0 Å². The van der Waals surface area contributed by atoms with Crippen molar-refractivity contribution in [3.05, 3.63) is 11.1 Å². The van der Waals surface area contributed by atoms with Gasteiger partial charge in [-0.3, -0.25) is 5.43 Å². The molecule has 6 heavy (non-hydrogen) atoms. The standard InChI is InChI=1S/C3H5N2S/c1-3-2-4-5-6-3/h2,4H,1H3. The lowest BCUT2D eigenvalue weighted by Crippen LogP contribution is -2.02.